The second-order valence-corrected chi connectivity index (χ2v) is 9.34. The molecule has 1 aliphatic heterocycles. The number of imide groups is 2. The lowest BCUT2D eigenvalue weighted by Crippen LogP contribution is -2.54. The van der Waals surface area contributed by atoms with E-state index in [1.54, 1.807) is 42.5 Å². The Kier molecular flexibility index (Phi) is 7.60. The lowest BCUT2D eigenvalue weighted by molar-refractivity contribution is -0.122. The predicted octanol–water partition coefficient (Wildman–Crippen LogP) is 6.41. The Hall–Kier alpha value is -3.13. The van der Waals surface area contributed by atoms with Crippen LogP contribution in [0.2, 0.25) is 10.0 Å². The molecule has 4 amide bonds. The number of nitrogens with zero attached hydrogens (tertiary/aromatic N) is 1. The third-order valence-electron chi connectivity index (χ3n) is 5.30. The number of benzene rings is 3. The highest BCUT2D eigenvalue weighted by molar-refractivity contribution is 9.10. The molecule has 1 heterocycles. The zero-order valence-corrected chi connectivity index (χ0v) is 21.6. The van der Waals surface area contributed by atoms with Crippen molar-refractivity contribution in [3.63, 3.8) is 0 Å². The molecule has 0 radical (unpaired) electrons. The van der Waals surface area contributed by atoms with Crippen LogP contribution in [0.15, 0.2) is 70.7 Å². The Morgan fingerprint density at radius 2 is 1.71 bits per heavy atom. The number of carbonyl (C=O) groups is 3. The van der Waals surface area contributed by atoms with Crippen molar-refractivity contribution in [1.29, 1.82) is 0 Å². The van der Waals surface area contributed by atoms with E-state index in [0.29, 0.717) is 40.1 Å². The van der Waals surface area contributed by atoms with E-state index in [1.807, 2.05) is 25.1 Å². The lowest BCUT2D eigenvalue weighted by Gasteiger charge is -2.26. The number of hydrogen-bond acceptors (Lipinski definition) is 4. The largest absolute Gasteiger partial charge is 0.494 e. The van der Waals surface area contributed by atoms with Crippen molar-refractivity contribution < 1.29 is 19.1 Å². The third-order valence-corrected chi connectivity index (χ3v) is 6.53. The van der Waals surface area contributed by atoms with E-state index in [9.17, 15) is 14.4 Å². The van der Waals surface area contributed by atoms with Gasteiger partial charge in [-0.05, 0) is 66.6 Å². The standard InChI is InChI=1S/C26H19BrCl2N2O4/c1-2-35-23-13-15(12-22(29)19(23)14-16-5-3-4-6-21(16)28)11-20-24(32)30-26(34)31(25(20)33)18-9-7-17(27)8-10-18/h3-13H,2,14H2,1H3,(H,30,32,34)/b20-11+. The smallest absolute Gasteiger partial charge is 0.335 e. The first-order chi connectivity index (χ1) is 16.8. The number of urea groups is 1. The topological polar surface area (TPSA) is 75.7 Å². The van der Waals surface area contributed by atoms with Gasteiger partial charge in [0, 0.05) is 26.5 Å². The molecule has 3 aromatic carbocycles. The van der Waals surface area contributed by atoms with Gasteiger partial charge in [0.05, 0.1) is 12.3 Å². The van der Waals surface area contributed by atoms with Crippen molar-refractivity contribution in [2.24, 2.45) is 0 Å². The first-order valence-electron chi connectivity index (χ1n) is 10.6. The fourth-order valence-electron chi connectivity index (χ4n) is 3.65. The molecule has 0 atom stereocenters. The van der Waals surface area contributed by atoms with E-state index < -0.39 is 17.8 Å². The summed E-state index contributed by atoms with van der Waals surface area (Å²) in [4.78, 5) is 39.1. The van der Waals surface area contributed by atoms with Crippen LogP contribution in [0.5, 0.6) is 5.75 Å². The van der Waals surface area contributed by atoms with Crippen molar-refractivity contribution in [2.45, 2.75) is 13.3 Å². The number of halogens is 3. The normalized spacial score (nSPS) is 14.9. The Morgan fingerprint density at radius 1 is 1.00 bits per heavy atom. The molecule has 1 aliphatic rings. The van der Waals surface area contributed by atoms with Crippen molar-refractivity contribution in [3.05, 3.63) is 97.4 Å². The molecule has 1 N–H and O–H groups in total. The van der Waals surface area contributed by atoms with Crippen LogP contribution in [0.3, 0.4) is 0 Å². The summed E-state index contributed by atoms with van der Waals surface area (Å²) >= 11 is 16.3. The van der Waals surface area contributed by atoms with Gasteiger partial charge in [-0.1, -0.05) is 57.3 Å². The molecule has 0 spiro atoms. The monoisotopic (exact) mass is 572 g/mol. The molecule has 0 aliphatic carbocycles. The molecule has 1 fully saturated rings. The molecule has 0 unspecified atom stereocenters. The SMILES string of the molecule is CCOc1cc(/C=C2\C(=O)NC(=O)N(c3ccc(Br)cc3)C2=O)cc(Cl)c1Cc1ccccc1Cl. The summed E-state index contributed by atoms with van der Waals surface area (Å²) in [6.45, 7) is 2.23. The second-order valence-electron chi connectivity index (χ2n) is 7.61. The maximum absolute atomic E-state index is 13.2. The fraction of sp³-hybridized carbons (Fsp3) is 0.115. The van der Waals surface area contributed by atoms with Crippen LogP contribution >= 0.6 is 39.1 Å². The van der Waals surface area contributed by atoms with Crippen LogP contribution in [0, 0.1) is 0 Å². The Balaban J connectivity index is 1.72. The molecule has 0 aromatic heterocycles. The summed E-state index contributed by atoms with van der Waals surface area (Å²) in [5.41, 5.74) is 2.22. The number of nitrogens with one attached hydrogen (secondary N) is 1. The van der Waals surface area contributed by atoms with E-state index in [4.69, 9.17) is 27.9 Å². The fourth-order valence-corrected chi connectivity index (χ4v) is 4.40. The van der Waals surface area contributed by atoms with Gasteiger partial charge in [0.25, 0.3) is 11.8 Å². The number of hydrogen-bond donors (Lipinski definition) is 1. The van der Waals surface area contributed by atoms with Gasteiger partial charge in [0.15, 0.2) is 0 Å². The van der Waals surface area contributed by atoms with E-state index in [-0.39, 0.29) is 5.57 Å². The van der Waals surface area contributed by atoms with Gasteiger partial charge >= 0.3 is 6.03 Å². The van der Waals surface area contributed by atoms with Gasteiger partial charge < -0.3 is 4.74 Å². The van der Waals surface area contributed by atoms with Crippen LogP contribution in [-0.2, 0) is 16.0 Å². The van der Waals surface area contributed by atoms with E-state index in [0.717, 1.165) is 20.5 Å². The third kappa shape index (κ3) is 5.42. The van der Waals surface area contributed by atoms with Crippen LogP contribution < -0.4 is 15.0 Å². The predicted molar refractivity (Wildman–Crippen MR) is 140 cm³/mol. The number of ether oxygens (including phenoxy) is 1. The second kappa shape index (κ2) is 10.6. The minimum absolute atomic E-state index is 0.204. The Labute approximate surface area is 220 Å². The number of amides is 4. The lowest BCUT2D eigenvalue weighted by atomic mass is 10.00. The van der Waals surface area contributed by atoms with Gasteiger partial charge in [-0.2, -0.15) is 0 Å². The highest BCUT2D eigenvalue weighted by Crippen LogP contribution is 2.34. The maximum Gasteiger partial charge on any atom is 0.335 e. The van der Waals surface area contributed by atoms with Crippen molar-refractivity contribution in [1.82, 2.24) is 5.32 Å². The summed E-state index contributed by atoms with van der Waals surface area (Å²) in [7, 11) is 0. The molecule has 0 bridgehead atoms. The minimum Gasteiger partial charge on any atom is -0.494 e. The average molecular weight is 574 g/mol. The molecule has 9 heteroatoms. The highest BCUT2D eigenvalue weighted by atomic mass is 79.9. The van der Waals surface area contributed by atoms with Crippen LogP contribution in [0.1, 0.15) is 23.6 Å². The molecular weight excluding hydrogens is 555 g/mol. The molecule has 1 saturated heterocycles. The number of barbiturate groups is 1. The van der Waals surface area contributed by atoms with Gasteiger partial charge in [-0.15, -0.1) is 0 Å². The zero-order valence-electron chi connectivity index (χ0n) is 18.5. The molecule has 4 rings (SSSR count). The Morgan fingerprint density at radius 3 is 2.40 bits per heavy atom. The number of rotatable bonds is 6. The zero-order chi connectivity index (χ0) is 25.1. The van der Waals surface area contributed by atoms with Crippen molar-refractivity contribution in [2.75, 3.05) is 11.5 Å². The highest BCUT2D eigenvalue weighted by Gasteiger charge is 2.36. The van der Waals surface area contributed by atoms with Gasteiger partial charge in [-0.3, -0.25) is 14.9 Å². The molecule has 35 heavy (non-hydrogen) atoms. The van der Waals surface area contributed by atoms with Crippen LogP contribution in [0.4, 0.5) is 10.5 Å². The van der Waals surface area contributed by atoms with Crippen molar-refractivity contribution in [3.8, 4) is 5.75 Å². The van der Waals surface area contributed by atoms with E-state index in [2.05, 4.69) is 21.2 Å². The van der Waals surface area contributed by atoms with Crippen LogP contribution in [-0.4, -0.2) is 24.5 Å². The minimum atomic E-state index is -0.817. The Bertz CT molecular complexity index is 1360. The van der Waals surface area contributed by atoms with Gasteiger partial charge in [0.2, 0.25) is 0 Å². The summed E-state index contributed by atoms with van der Waals surface area (Å²) in [5, 5.41) is 3.22. The molecular formula is C26H19BrCl2N2O4. The summed E-state index contributed by atoms with van der Waals surface area (Å²) in [6, 6.07) is 16.6. The maximum atomic E-state index is 13.2. The molecule has 6 nitrogen and oxygen atoms in total. The first-order valence-corrected chi connectivity index (χ1v) is 12.2. The summed E-state index contributed by atoms with van der Waals surface area (Å²) in [5.74, 6) is -1.02. The summed E-state index contributed by atoms with van der Waals surface area (Å²) < 4.78 is 6.61. The van der Waals surface area contributed by atoms with Gasteiger partial charge in [0.1, 0.15) is 11.3 Å². The number of carbonyl (C=O) groups excluding carboxylic acids is 3. The summed E-state index contributed by atoms with van der Waals surface area (Å²) in [6.07, 6.45) is 1.83. The first kappa shape index (κ1) is 25.0. The van der Waals surface area contributed by atoms with Crippen LogP contribution in [0.25, 0.3) is 6.08 Å². The molecule has 0 saturated carbocycles. The molecule has 3 aromatic rings. The van der Waals surface area contributed by atoms with E-state index >= 15 is 0 Å². The van der Waals surface area contributed by atoms with Crippen molar-refractivity contribution >= 4 is 68.7 Å². The quantitative estimate of drug-likeness (QED) is 0.273. The van der Waals surface area contributed by atoms with E-state index in [1.165, 1.54) is 6.08 Å². The van der Waals surface area contributed by atoms with Gasteiger partial charge in [-0.25, -0.2) is 9.69 Å². The number of anilines is 1. The average Bonchev–Trinajstić information content (AvgIpc) is 2.81. The molecule has 178 valence electrons.